The fourth-order valence-electron chi connectivity index (χ4n) is 4.19. The molecule has 3 heterocycles. The molecule has 31 heavy (non-hydrogen) atoms. The molecule has 0 spiro atoms. The van der Waals surface area contributed by atoms with E-state index in [0.717, 1.165) is 6.42 Å². The quantitative estimate of drug-likeness (QED) is 0.573. The highest BCUT2D eigenvalue weighted by atomic mass is 35.5. The van der Waals surface area contributed by atoms with Crippen LogP contribution in [0.4, 0.5) is 11.4 Å². The molecular formula is C22H21Cl2N5O2. The second-order valence-electron chi connectivity index (χ2n) is 7.85. The lowest BCUT2D eigenvalue weighted by Crippen LogP contribution is -2.46. The first kappa shape index (κ1) is 21.3. The van der Waals surface area contributed by atoms with Crippen molar-refractivity contribution in [2.75, 3.05) is 23.3 Å². The highest BCUT2D eigenvalue weighted by Crippen LogP contribution is 2.34. The molecule has 160 valence electrons. The third kappa shape index (κ3) is 3.89. The van der Waals surface area contributed by atoms with Crippen molar-refractivity contribution < 1.29 is 5.11 Å². The number of aromatic hydroxyl groups is 1. The monoisotopic (exact) mass is 457 g/mol. The SMILES string of the molecule is C[C@H]1CN(c2c(C#N)c(=O)n(C)c3ncc(Cl)cc23)CC[C@@H]1Nc1ccc(Cl)cc1O. The van der Waals surface area contributed by atoms with Gasteiger partial charge in [-0.1, -0.05) is 30.1 Å². The molecule has 3 aromatic rings. The van der Waals surface area contributed by atoms with Gasteiger partial charge in [0.25, 0.3) is 5.56 Å². The van der Waals surface area contributed by atoms with Crippen LogP contribution in [0, 0.1) is 17.2 Å². The Morgan fingerprint density at radius 3 is 2.74 bits per heavy atom. The van der Waals surface area contributed by atoms with Gasteiger partial charge in [-0.25, -0.2) is 4.98 Å². The fourth-order valence-corrected chi connectivity index (χ4v) is 4.52. The highest BCUT2D eigenvalue weighted by molar-refractivity contribution is 6.31. The Morgan fingerprint density at radius 2 is 2.06 bits per heavy atom. The van der Waals surface area contributed by atoms with Crippen molar-refractivity contribution >= 4 is 45.6 Å². The van der Waals surface area contributed by atoms with Gasteiger partial charge in [-0.05, 0) is 30.5 Å². The number of piperidine rings is 1. The minimum atomic E-state index is -0.376. The van der Waals surface area contributed by atoms with E-state index >= 15 is 0 Å². The molecule has 0 unspecified atom stereocenters. The Kier molecular flexibility index (Phi) is 5.69. The number of rotatable bonds is 3. The molecule has 0 aliphatic carbocycles. The number of fused-ring (bicyclic) bond motifs is 1. The largest absolute Gasteiger partial charge is 0.506 e. The van der Waals surface area contributed by atoms with Crippen molar-refractivity contribution in [3.63, 3.8) is 0 Å². The molecular weight excluding hydrogens is 437 g/mol. The van der Waals surface area contributed by atoms with Crippen molar-refractivity contribution in [2.45, 2.75) is 19.4 Å². The number of nitriles is 1. The normalized spacial score (nSPS) is 18.7. The number of phenolic OH excluding ortho intramolecular Hbond substituents is 1. The summed E-state index contributed by atoms with van der Waals surface area (Å²) >= 11 is 12.1. The van der Waals surface area contributed by atoms with Crippen LogP contribution < -0.4 is 15.8 Å². The summed E-state index contributed by atoms with van der Waals surface area (Å²) in [6, 6.07) is 8.93. The molecule has 9 heteroatoms. The van der Waals surface area contributed by atoms with E-state index in [1.165, 1.54) is 16.8 Å². The van der Waals surface area contributed by atoms with Crippen LogP contribution in [0.25, 0.3) is 11.0 Å². The van der Waals surface area contributed by atoms with E-state index in [1.54, 1.807) is 25.2 Å². The Labute approximate surface area is 189 Å². The zero-order valence-electron chi connectivity index (χ0n) is 17.1. The summed E-state index contributed by atoms with van der Waals surface area (Å²) < 4.78 is 1.38. The Hall–Kier alpha value is -2.95. The summed E-state index contributed by atoms with van der Waals surface area (Å²) in [7, 11) is 1.60. The van der Waals surface area contributed by atoms with Gasteiger partial charge in [0, 0.05) is 48.9 Å². The van der Waals surface area contributed by atoms with Crippen LogP contribution in [0.2, 0.25) is 10.0 Å². The minimum absolute atomic E-state index is 0.0908. The summed E-state index contributed by atoms with van der Waals surface area (Å²) in [5, 5.41) is 24.9. The van der Waals surface area contributed by atoms with Gasteiger partial charge in [0.05, 0.1) is 16.4 Å². The van der Waals surface area contributed by atoms with E-state index < -0.39 is 0 Å². The number of nitrogens with zero attached hydrogens (tertiary/aromatic N) is 4. The smallest absolute Gasteiger partial charge is 0.272 e. The number of anilines is 2. The van der Waals surface area contributed by atoms with Crippen LogP contribution in [-0.4, -0.2) is 33.8 Å². The molecule has 1 aliphatic heterocycles. The van der Waals surface area contributed by atoms with E-state index in [9.17, 15) is 15.2 Å². The van der Waals surface area contributed by atoms with Crippen molar-refractivity contribution in [1.29, 1.82) is 5.26 Å². The Bertz CT molecular complexity index is 1270. The highest BCUT2D eigenvalue weighted by Gasteiger charge is 2.30. The zero-order valence-corrected chi connectivity index (χ0v) is 18.6. The van der Waals surface area contributed by atoms with E-state index in [2.05, 4.69) is 28.2 Å². The summed E-state index contributed by atoms with van der Waals surface area (Å²) in [5.41, 5.74) is 1.41. The number of hydrogen-bond acceptors (Lipinski definition) is 6. The molecule has 7 nitrogen and oxygen atoms in total. The average Bonchev–Trinajstić information content (AvgIpc) is 2.73. The van der Waals surface area contributed by atoms with Crippen LogP contribution in [0.1, 0.15) is 18.9 Å². The van der Waals surface area contributed by atoms with Crippen molar-refractivity contribution in [2.24, 2.45) is 13.0 Å². The van der Waals surface area contributed by atoms with E-state index in [1.807, 2.05) is 0 Å². The topological polar surface area (TPSA) is 94.2 Å². The molecule has 1 aliphatic rings. The molecule has 1 saturated heterocycles. The van der Waals surface area contributed by atoms with Crippen molar-refractivity contribution in [3.05, 3.63) is 56.4 Å². The number of benzene rings is 1. The molecule has 2 N–H and O–H groups in total. The summed E-state index contributed by atoms with van der Waals surface area (Å²) in [6.07, 6.45) is 2.25. The number of aryl methyl sites for hydroxylation is 1. The predicted molar refractivity (Wildman–Crippen MR) is 123 cm³/mol. The minimum Gasteiger partial charge on any atom is -0.506 e. The van der Waals surface area contributed by atoms with Gasteiger partial charge >= 0.3 is 0 Å². The van der Waals surface area contributed by atoms with Gasteiger partial charge < -0.3 is 15.3 Å². The van der Waals surface area contributed by atoms with Crippen molar-refractivity contribution in [3.8, 4) is 11.8 Å². The van der Waals surface area contributed by atoms with E-state index in [-0.39, 0.29) is 28.8 Å². The van der Waals surface area contributed by atoms with E-state index in [4.69, 9.17) is 23.2 Å². The fraction of sp³-hybridized carbons (Fsp3) is 0.318. The third-order valence-corrected chi connectivity index (χ3v) is 6.24. The number of hydrogen-bond donors (Lipinski definition) is 2. The maximum Gasteiger partial charge on any atom is 0.272 e. The first-order valence-electron chi connectivity index (χ1n) is 9.88. The number of aromatic nitrogens is 2. The molecule has 0 saturated carbocycles. The first-order chi connectivity index (χ1) is 14.8. The lowest BCUT2D eigenvalue weighted by atomic mass is 9.92. The second kappa shape index (κ2) is 8.29. The number of pyridine rings is 2. The molecule has 2 atom stereocenters. The lowest BCUT2D eigenvalue weighted by Gasteiger charge is -2.39. The lowest BCUT2D eigenvalue weighted by molar-refractivity contribution is 0.402. The molecule has 0 amide bonds. The third-order valence-electron chi connectivity index (χ3n) is 5.80. The number of nitrogens with one attached hydrogen (secondary N) is 1. The van der Waals surface area contributed by atoms with Crippen LogP contribution in [0.5, 0.6) is 5.75 Å². The number of halogens is 2. The van der Waals surface area contributed by atoms with Gasteiger partial charge in [-0.2, -0.15) is 5.26 Å². The molecule has 1 fully saturated rings. The van der Waals surface area contributed by atoms with Gasteiger partial charge in [0.15, 0.2) is 0 Å². The zero-order chi connectivity index (χ0) is 22.3. The molecule has 2 aromatic heterocycles. The second-order valence-corrected chi connectivity index (χ2v) is 8.72. The first-order valence-corrected chi connectivity index (χ1v) is 10.6. The maximum absolute atomic E-state index is 12.8. The van der Waals surface area contributed by atoms with E-state index in [0.29, 0.717) is 45.5 Å². The number of phenols is 1. The summed E-state index contributed by atoms with van der Waals surface area (Å²) in [5.74, 6) is 0.272. The predicted octanol–water partition coefficient (Wildman–Crippen LogP) is 4.14. The van der Waals surface area contributed by atoms with Gasteiger partial charge in [-0.3, -0.25) is 9.36 Å². The van der Waals surface area contributed by atoms with Crippen LogP contribution in [-0.2, 0) is 7.05 Å². The Morgan fingerprint density at radius 1 is 1.29 bits per heavy atom. The molecule has 0 bridgehead atoms. The van der Waals surface area contributed by atoms with Crippen molar-refractivity contribution in [1.82, 2.24) is 9.55 Å². The van der Waals surface area contributed by atoms with Gasteiger partial charge in [-0.15, -0.1) is 0 Å². The molecule has 1 aromatic carbocycles. The summed E-state index contributed by atoms with van der Waals surface area (Å²) in [4.78, 5) is 19.2. The summed E-state index contributed by atoms with van der Waals surface area (Å²) in [6.45, 7) is 3.34. The standard InChI is InChI=1S/C22H21Cl2N5O2/c1-12-11-29(6-5-17(12)27-18-4-3-13(23)8-19(18)30)20-15-7-14(24)10-26-21(15)28(2)22(31)16(20)9-25/h3-4,7-8,10,12,17,27,30H,5-6,11H2,1-2H3/t12-,17-/m0/s1. The van der Waals surface area contributed by atoms with Crippen LogP contribution in [0.3, 0.4) is 0 Å². The molecule has 4 rings (SSSR count). The maximum atomic E-state index is 12.8. The van der Waals surface area contributed by atoms with Gasteiger partial charge in [0.1, 0.15) is 23.0 Å². The van der Waals surface area contributed by atoms with Crippen LogP contribution in [0.15, 0.2) is 35.3 Å². The average molecular weight is 458 g/mol. The molecule has 0 radical (unpaired) electrons. The van der Waals surface area contributed by atoms with Gasteiger partial charge in [0.2, 0.25) is 0 Å². The Balaban J connectivity index is 1.68. The van der Waals surface area contributed by atoms with Crippen LogP contribution >= 0.6 is 23.2 Å².